The number of carbonyl (C=O) groups excluding carboxylic acids is 1. The van der Waals surface area contributed by atoms with Gasteiger partial charge in [-0.25, -0.2) is 0 Å². The molecule has 2 rings (SSSR count). The molecule has 0 bridgehead atoms. The number of carbonyl (C=O) groups is 1. The van der Waals surface area contributed by atoms with Crippen LogP contribution in [0, 0.1) is 0 Å². The third-order valence-corrected chi connectivity index (χ3v) is 2.98. The van der Waals surface area contributed by atoms with Gasteiger partial charge in [-0.05, 0) is 23.3 Å². The summed E-state index contributed by atoms with van der Waals surface area (Å²) in [7, 11) is 0. The molecule has 0 heterocycles. The van der Waals surface area contributed by atoms with Crippen LogP contribution in [0.2, 0.25) is 0 Å². The molecule has 0 radical (unpaired) electrons. The number of aromatic hydroxyl groups is 1. The fourth-order valence-corrected chi connectivity index (χ4v) is 1.87. The van der Waals surface area contributed by atoms with Crippen molar-refractivity contribution < 1.29 is 15.0 Å². The third kappa shape index (κ3) is 4.10. The Bertz CT molecular complexity index is 552. The van der Waals surface area contributed by atoms with E-state index in [0.717, 1.165) is 11.1 Å². The van der Waals surface area contributed by atoms with Gasteiger partial charge in [-0.15, -0.1) is 0 Å². The zero-order valence-electron chi connectivity index (χ0n) is 11.0. The summed E-state index contributed by atoms with van der Waals surface area (Å²) in [5, 5.41) is 21.8. The van der Waals surface area contributed by atoms with Crippen LogP contribution in [0.3, 0.4) is 0 Å². The van der Waals surface area contributed by atoms with Gasteiger partial charge < -0.3 is 15.5 Å². The summed E-state index contributed by atoms with van der Waals surface area (Å²) >= 11 is 0. The van der Waals surface area contributed by atoms with Crippen LogP contribution in [-0.4, -0.2) is 22.7 Å². The highest BCUT2D eigenvalue weighted by molar-refractivity contribution is 5.78. The SMILES string of the molecule is O=C(Cc1ccc(O)cc1)NCC(O)c1ccccc1. The molecule has 1 atom stereocenters. The molecule has 2 aromatic carbocycles. The summed E-state index contributed by atoms with van der Waals surface area (Å²) in [4.78, 5) is 11.7. The van der Waals surface area contributed by atoms with Crippen molar-refractivity contribution in [1.82, 2.24) is 5.32 Å². The Labute approximate surface area is 117 Å². The van der Waals surface area contributed by atoms with Crippen LogP contribution in [0.4, 0.5) is 0 Å². The second-order valence-electron chi connectivity index (χ2n) is 4.57. The lowest BCUT2D eigenvalue weighted by atomic mass is 10.1. The van der Waals surface area contributed by atoms with E-state index >= 15 is 0 Å². The average Bonchev–Trinajstić information content (AvgIpc) is 2.48. The zero-order chi connectivity index (χ0) is 14.4. The summed E-state index contributed by atoms with van der Waals surface area (Å²) in [6.07, 6.45) is -0.484. The number of aliphatic hydroxyl groups is 1. The summed E-state index contributed by atoms with van der Waals surface area (Å²) in [6.45, 7) is 0.181. The molecule has 104 valence electrons. The number of benzene rings is 2. The molecule has 0 aromatic heterocycles. The van der Waals surface area contributed by atoms with E-state index in [-0.39, 0.29) is 24.6 Å². The number of hydrogen-bond acceptors (Lipinski definition) is 3. The van der Waals surface area contributed by atoms with Crippen molar-refractivity contribution in [2.75, 3.05) is 6.54 Å². The minimum atomic E-state index is -0.708. The average molecular weight is 271 g/mol. The van der Waals surface area contributed by atoms with Gasteiger partial charge in [0, 0.05) is 6.54 Å². The minimum absolute atomic E-state index is 0.161. The molecule has 4 nitrogen and oxygen atoms in total. The van der Waals surface area contributed by atoms with Crippen molar-refractivity contribution in [1.29, 1.82) is 0 Å². The molecular weight excluding hydrogens is 254 g/mol. The molecule has 0 saturated heterocycles. The van der Waals surface area contributed by atoms with Gasteiger partial charge in [0.05, 0.1) is 12.5 Å². The van der Waals surface area contributed by atoms with Gasteiger partial charge in [-0.3, -0.25) is 4.79 Å². The maximum atomic E-state index is 11.7. The second kappa shape index (κ2) is 6.73. The van der Waals surface area contributed by atoms with Crippen LogP contribution < -0.4 is 5.32 Å². The first-order chi connectivity index (χ1) is 9.65. The number of aliphatic hydroxyl groups excluding tert-OH is 1. The summed E-state index contributed by atoms with van der Waals surface area (Å²) < 4.78 is 0. The van der Waals surface area contributed by atoms with Gasteiger partial charge >= 0.3 is 0 Å². The van der Waals surface area contributed by atoms with Gasteiger partial charge in [0.2, 0.25) is 5.91 Å². The molecule has 0 aliphatic rings. The first-order valence-electron chi connectivity index (χ1n) is 6.43. The van der Waals surface area contributed by atoms with E-state index in [0.29, 0.717) is 0 Å². The predicted molar refractivity (Wildman–Crippen MR) is 76.2 cm³/mol. The van der Waals surface area contributed by atoms with Crippen LogP contribution in [-0.2, 0) is 11.2 Å². The van der Waals surface area contributed by atoms with Gasteiger partial charge in [0.25, 0.3) is 0 Å². The first-order valence-corrected chi connectivity index (χ1v) is 6.43. The highest BCUT2D eigenvalue weighted by atomic mass is 16.3. The summed E-state index contributed by atoms with van der Waals surface area (Å²) in [5.41, 5.74) is 1.59. The lowest BCUT2D eigenvalue weighted by molar-refractivity contribution is -0.120. The zero-order valence-corrected chi connectivity index (χ0v) is 11.0. The molecule has 0 aliphatic heterocycles. The molecule has 0 fully saturated rings. The van der Waals surface area contributed by atoms with Crippen molar-refractivity contribution in [2.45, 2.75) is 12.5 Å². The summed E-state index contributed by atoms with van der Waals surface area (Å²) in [6, 6.07) is 15.7. The van der Waals surface area contributed by atoms with Crippen LogP contribution in [0.15, 0.2) is 54.6 Å². The van der Waals surface area contributed by atoms with Crippen molar-refractivity contribution in [2.24, 2.45) is 0 Å². The Balaban J connectivity index is 1.82. The maximum Gasteiger partial charge on any atom is 0.224 e. The molecule has 2 aromatic rings. The fraction of sp³-hybridized carbons (Fsp3) is 0.188. The smallest absolute Gasteiger partial charge is 0.224 e. The summed E-state index contributed by atoms with van der Waals surface area (Å²) in [5.74, 6) is 0.0133. The van der Waals surface area contributed by atoms with E-state index in [1.54, 1.807) is 24.3 Å². The van der Waals surface area contributed by atoms with Crippen molar-refractivity contribution >= 4 is 5.91 Å². The van der Waals surface area contributed by atoms with E-state index in [9.17, 15) is 9.90 Å². The van der Waals surface area contributed by atoms with Crippen molar-refractivity contribution in [3.63, 3.8) is 0 Å². The van der Waals surface area contributed by atoms with Crippen LogP contribution in [0.1, 0.15) is 17.2 Å². The second-order valence-corrected chi connectivity index (χ2v) is 4.57. The van der Waals surface area contributed by atoms with Crippen molar-refractivity contribution in [3.8, 4) is 5.75 Å². The van der Waals surface area contributed by atoms with E-state index in [1.165, 1.54) is 0 Å². The Morgan fingerprint density at radius 2 is 1.70 bits per heavy atom. The molecule has 0 aliphatic carbocycles. The van der Waals surface area contributed by atoms with Crippen LogP contribution in [0.25, 0.3) is 0 Å². The quantitative estimate of drug-likeness (QED) is 0.776. The molecular formula is C16H17NO3. The lowest BCUT2D eigenvalue weighted by Gasteiger charge is -2.12. The van der Waals surface area contributed by atoms with Crippen molar-refractivity contribution in [3.05, 3.63) is 65.7 Å². The number of phenols is 1. The highest BCUT2D eigenvalue weighted by Crippen LogP contribution is 2.12. The molecule has 0 saturated carbocycles. The van der Waals surface area contributed by atoms with E-state index in [1.807, 2.05) is 30.3 Å². The predicted octanol–water partition coefficient (Wildman–Crippen LogP) is 1.78. The Morgan fingerprint density at radius 3 is 2.35 bits per heavy atom. The van der Waals surface area contributed by atoms with Gasteiger partial charge in [0.15, 0.2) is 0 Å². The van der Waals surface area contributed by atoms with Gasteiger partial charge in [0.1, 0.15) is 5.75 Å². The lowest BCUT2D eigenvalue weighted by Crippen LogP contribution is -2.29. The number of rotatable bonds is 5. The van der Waals surface area contributed by atoms with E-state index in [4.69, 9.17) is 5.11 Å². The van der Waals surface area contributed by atoms with Gasteiger partial charge in [-0.2, -0.15) is 0 Å². The minimum Gasteiger partial charge on any atom is -0.508 e. The number of phenolic OH excluding ortho intramolecular Hbond substituents is 1. The standard InChI is InChI=1S/C16H17NO3/c18-14-8-6-12(7-9-14)10-16(20)17-11-15(19)13-4-2-1-3-5-13/h1-9,15,18-19H,10-11H2,(H,17,20). The monoisotopic (exact) mass is 271 g/mol. The third-order valence-electron chi connectivity index (χ3n) is 2.98. The van der Waals surface area contributed by atoms with Crippen LogP contribution in [0.5, 0.6) is 5.75 Å². The van der Waals surface area contributed by atoms with Crippen LogP contribution >= 0.6 is 0 Å². The number of amides is 1. The van der Waals surface area contributed by atoms with E-state index in [2.05, 4.69) is 5.32 Å². The molecule has 4 heteroatoms. The molecule has 1 unspecified atom stereocenters. The Morgan fingerprint density at radius 1 is 1.05 bits per heavy atom. The Kier molecular flexibility index (Phi) is 4.74. The maximum absolute atomic E-state index is 11.7. The normalized spacial score (nSPS) is 11.8. The topological polar surface area (TPSA) is 69.6 Å². The molecule has 20 heavy (non-hydrogen) atoms. The van der Waals surface area contributed by atoms with Gasteiger partial charge in [-0.1, -0.05) is 42.5 Å². The highest BCUT2D eigenvalue weighted by Gasteiger charge is 2.09. The fourth-order valence-electron chi connectivity index (χ4n) is 1.87. The number of hydrogen-bond donors (Lipinski definition) is 3. The molecule has 3 N–H and O–H groups in total. The Hall–Kier alpha value is -2.33. The molecule has 0 spiro atoms. The first kappa shape index (κ1) is 14.1. The molecule has 1 amide bonds. The largest absolute Gasteiger partial charge is 0.508 e. The number of nitrogens with one attached hydrogen (secondary N) is 1. The van der Waals surface area contributed by atoms with E-state index < -0.39 is 6.10 Å².